The number of hydrogen-bond acceptors (Lipinski definition) is 4. The molecule has 0 bridgehead atoms. The van der Waals surface area contributed by atoms with Gasteiger partial charge in [0.15, 0.2) is 0 Å². The Bertz CT molecular complexity index is 492. The molecule has 0 amide bonds. The molecule has 110 valence electrons. The number of ether oxygens (including phenoxy) is 2. The van der Waals surface area contributed by atoms with Crippen LogP contribution >= 0.6 is 0 Å². The van der Waals surface area contributed by atoms with E-state index in [1.165, 1.54) is 19.2 Å². The second kappa shape index (κ2) is 6.33. The van der Waals surface area contributed by atoms with Crippen LogP contribution in [0.25, 0.3) is 0 Å². The van der Waals surface area contributed by atoms with Gasteiger partial charge in [-0.05, 0) is 31.5 Å². The average Bonchev–Trinajstić information content (AvgIpc) is 2.42. The summed E-state index contributed by atoms with van der Waals surface area (Å²) in [6.07, 6.45) is 0.186. The quantitative estimate of drug-likeness (QED) is 0.796. The van der Waals surface area contributed by atoms with Crippen LogP contribution in [0.4, 0.5) is 4.39 Å². The lowest BCUT2D eigenvalue weighted by Crippen LogP contribution is -2.46. The van der Waals surface area contributed by atoms with Crippen molar-refractivity contribution in [3.8, 4) is 0 Å². The minimum atomic E-state index is -0.651. The second-order valence-electron chi connectivity index (χ2n) is 5.23. The third-order valence-electron chi connectivity index (χ3n) is 3.56. The molecule has 2 unspecified atom stereocenters. The van der Waals surface area contributed by atoms with Crippen LogP contribution in [0, 0.1) is 5.82 Å². The molecule has 20 heavy (non-hydrogen) atoms. The van der Waals surface area contributed by atoms with Gasteiger partial charge in [-0.25, -0.2) is 9.18 Å². The molecule has 5 heteroatoms. The SMILES string of the molecule is COC(=O)c1ccc(CN2CC(C)OCC2C)cc1F. The third-order valence-corrected chi connectivity index (χ3v) is 3.56. The summed E-state index contributed by atoms with van der Waals surface area (Å²) >= 11 is 0. The molecule has 0 radical (unpaired) electrons. The van der Waals surface area contributed by atoms with E-state index in [0.29, 0.717) is 19.2 Å². The van der Waals surface area contributed by atoms with Gasteiger partial charge in [-0.3, -0.25) is 4.90 Å². The van der Waals surface area contributed by atoms with Crippen molar-refractivity contribution in [3.63, 3.8) is 0 Å². The lowest BCUT2D eigenvalue weighted by molar-refractivity contribution is -0.0526. The highest BCUT2D eigenvalue weighted by Gasteiger charge is 2.23. The number of carbonyl (C=O) groups excluding carboxylic acids is 1. The molecule has 0 N–H and O–H groups in total. The van der Waals surface area contributed by atoms with Crippen LogP contribution in [-0.4, -0.2) is 43.3 Å². The van der Waals surface area contributed by atoms with E-state index in [4.69, 9.17) is 4.74 Å². The molecule has 4 nitrogen and oxygen atoms in total. The normalized spacial score (nSPS) is 23.6. The molecule has 2 atom stereocenters. The van der Waals surface area contributed by atoms with E-state index in [9.17, 15) is 9.18 Å². The number of esters is 1. The first-order valence-corrected chi connectivity index (χ1v) is 6.73. The van der Waals surface area contributed by atoms with E-state index < -0.39 is 11.8 Å². The van der Waals surface area contributed by atoms with Crippen LogP contribution in [0.15, 0.2) is 18.2 Å². The first-order valence-electron chi connectivity index (χ1n) is 6.73. The van der Waals surface area contributed by atoms with Crippen LogP contribution < -0.4 is 0 Å². The summed E-state index contributed by atoms with van der Waals surface area (Å²) in [7, 11) is 1.24. The predicted octanol–water partition coefficient (Wildman–Crippen LogP) is 2.22. The highest BCUT2D eigenvalue weighted by Crippen LogP contribution is 2.18. The van der Waals surface area contributed by atoms with Gasteiger partial charge < -0.3 is 9.47 Å². The van der Waals surface area contributed by atoms with Crippen LogP contribution in [0.1, 0.15) is 29.8 Å². The number of morpholine rings is 1. The molecule has 1 aliphatic heterocycles. The minimum Gasteiger partial charge on any atom is -0.465 e. The van der Waals surface area contributed by atoms with Crippen LogP contribution in [-0.2, 0) is 16.0 Å². The smallest absolute Gasteiger partial charge is 0.340 e. The maximum absolute atomic E-state index is 13.9. The fourth-order valence-electron chi connectivity index (χ4n) is 2.36. The first kappa shape index (κ1) is 14.9. The van der Waals surface area contributed by atoms with Gasteiger partial charge in [-0.2, -0.15) is 0 Å². The number of benzene rings is 1. The Labute approximate surface area is 118 Å². The summed E-state index contributed by atoms with van der Waals surface area (Å²) in [4.78, 5) is 13.6. The molecule has 0 aliphatic carbocycles. The van der Waals surface area contributed by atoms with Gasteiger partial charge in [0.25, 0.3) is 0 Å². The molecule has 1 aromatic carbocycles. The zero-order valence-corrected chi connectivity index (χ0v) is 12.1. The van der Waals surface area contributed by atoms with Crippen LogP contribution in [0.5, 0.6) is 0 Å². The lowest BCUT2D eigenvalue weighted by Gasteiger charge is -2.36. The Kier molecular flexibility index (Phi) is 4.73. The summed E-state index contributed by atoms with van der Waals surface area (Å²) in [6.45, 7) is 6.27. The zero-order chi connectivity index (χ0) is 14.7. The Morgan fingerprint density at radius 3 is 2.90 bits per heavy atom. The first-order chi connectivity index (χ1) is 9.51. The monoisotopic (exact) mass is 281 g/mol. The van der Waals surface area contributed by atoms with Crippen LogP contribution in [0.3, 0.4) is 0 Å². The molecule has 0 saturated carbocycles. The van der Waals surface area contributed by atoms with E-state index in [0.717, 1.165) is 12.1 Å². The van der Waals surface area contributed by atoms with E-state index in [1.807, 2.05) is 6.92 Å². The van der Waals surface area contributed by atoms with Crippen molar-refractivity contribution in [1.82, 2.24) is 4.90 Å². The lowest BCUT2D eigenvalue weighted by atomic mass is 10.1. The topological polar surface area (TPSA) is 38.8 Å². The van der Waals surface area contributed by atoms with E-state index in [-0.39, 0.29) is 11.7 Å². The number of carbonyl (C=O) groups is 1. The molecule has 1 aromatic rings. The van der Waals surface area contributed by atoms with E-state index in [1.54, 1.807) is 6.07 Å². The van der Waals surface area contributed by atoms with E-state index in [2.05, 4.69) is 16.6 Å². The Balaban J connectivity index is 2.10. The Morgan fingerprint density at radius 1 is 1.50 bits per heavy atom. The van der Waals surface area contributed by atoms with E-state index >= 15 is 0 Å². The molecule has 1 aliphatic rings. The van der Waals surface area contributed by atoms with Crippen molar-refractivity contribution in [1.29, 1.82) is 0 Å². The maximum atomic E-state index is 13.9. The molecule has 2 rings (SSSR count). The fourth-order valence-corrected chi connectivity index (χ4v) is 2.36. The largest absolute Gasteiger partial charge is 0.465 e. The Hall–Kier alpha value is -1.46. The van der Waals surface area contributed by atoms with Crippen molar-refractivity contribution < 1.29 is 18.7 Å². The van der Waals surface area contributed by atoms with Crippen LogP contribution in [0.2, 0.25) is 0 Å². The van der Waals surface area contributed by atoms with Crippen molar-refractivity contribution in [3.05, 3.63) is 35.1 Å². The van der Waals surface area contributed by atoms with Gasteiger partial charge >= 0.3 is 5.97 Å². The van der Waals surface area contributed by atoms with Gasteiger partial charge in [0.1, 0.15) is 5.82 Å². The number of rotatable bonds is 3. The molecule has 1 heterocycles. The van der Waals surface area contributed by atoms with Crippen molar-refractivity contribution in [2.24, 2.45) is 0 Å². The van der Waals surface area contributed by atoms with Crippen molar-refractivity contribution >= 4 is 5.97 Å². The summed E-state index contributed by atoms with van der Waals surface area (Å²) in [5.41, 5.74) is 0.816. The molecule has 0 spiro atoms. The third kappa shape index (κ3) is 3.35. The molecular formula is C15H20FNO3. The molecule has 0 aromatic heterocycles. The van der Waals surface area contributed by atoms with Crippen molar-refractivity contribution in [2.75, 3.05) is 20.3 Å². The van der Waals surface area contributed by atoms with Crippen molar-refractivity contribution in [2.45, 2.75) is 32.5 Å². The Morgan fingerprint density at radius 2 is 2.25 bits per heavy atom. The highest BCUT2D eigenvalue weighted by atomic mass is 19.1. The number of methoxy groups -OCH3 is 1. The predicted molar refractivity (Wildman–Crippen MR) is 73.0 cm³/mol. The average molecular weight is 281 g/mol. The maximum Gasteiger partial charge on any atom is 0.340 e. The standard InChI is InChI=1S/C15H20FNO3/c1-10-9-20-11(2)7-17(10)8-12-4-5-13(14(16)6-12)15(18)19-3/h4-6,10-11H,7-9H2,1-3H3. The van der Waals surface area contributed by atoms with Gasteiger partial charge in [-0.15, -0.1) is 0 Å². The fraction of sp³-hybridized carbons (Fsp3) is 0.533. The molecular weight excluding hydrogens is 261 g/mol. The summed E-state index contributed by atoms with van der Waals surface area (Å²) < 4.78 is 24.0. The summed E-state index contributed by atoms with van der Waals surface area (Å²) in [5.74, 6) is -1.19. The number of hydrogen-bond donors (Lipinski definition) is 0. The number of halogens is 1. The summed E-state index contributed by atoms with van der Waals surface area (Å²) in [6, 6.07) is 4.95. The highest BCUT2D eigenvalue weighted by molar-refractivity contribution is 5.89. The second-order valence-corrected chi connectivity index (χ2v) is 5.23. The minimum absolute atomic E-state index is 0.0281. The zero-order valence-electron chi connectivity index (χ0n) is 12.1. The molecule has 1 fully saturated rings. The van der Waals surface area contributed by atoms with Gasteiger partial charge in [0.05, 0.1) is 25.4 Å². The molecule has 1 saturated heterocycles. The summed E-state index contributed by atoms with van der Waals surface area (Å²) in [5, 5.41) is 0. The number of nitrogens with zero attached hydrogens (tertiary/aromatic N) is 1. The van der Waals surface area contributed by atoms with Gasteiger partial charge in [0, 0.05) is 19.1 Å². The van der Waals surface area contributed by atoms with Gasteiger partial charge in [0.2, 0.25) is 0 Å². The van der Waals surface area contributed by atoms with Gasteiger partial charge in [-0.1, -0.05) is 6.07 Å².